The molecule has 15 heteroatoms. The molecule has 0 saturated carbocycles. The van der Waals surface area contributed by atoms with Crippen molar-refractivity contribution < 1.29 is 37.5 Å². The summed E-state index contributed by atoms with van der Waals surface area (Å²) < 4.78 is 38.7. The Morgan fingerprint density at radius 1 is 1.25 bits per heavy atom. The van der Waals surface area contributed by atoms with E-state index in [-0.39, 0.29) is 38.9 Å². The van der Waals surface area contributed by atoms with Gasteiger partial charge in [-0.3, -0.25) is 10.1 Å². The molecule has 0 bridgehead atoms. The van der Waals surface area contributed by atoms with Gasteiger partial charge in [-0.2, -0.15) is 0 Å². The quantitative estimate of drug-likeness (QED) is 0.0849. The Labute approximate surface area is 259 Å². The van der Waals surface area contributed by atoms with Crippen molar-refractivity contribution >= 4 is 56.0 Å². The lowest BCUT2D eigenvalue weighted by molar-refractivity contribution is -0.384. The van der Waals surface area contributed by atoms with Crippen LogP contribution in [0.4, 0.5) is 16.2 Å². The van der Waals surface area contributed by atoms with Crippen molar-refractivity contribution in [3.05, 3.63) is 75.4 Å². The maximum absolute atomic E-state index is 13.8. The maximum Gasteiger partial charge on any atom is 0.407 e. The molecular weight excluding hydrogens is 616 g/mol. The number of benzene rings is 2. The van der Waals surface area contributed by atoms with Crippen LogP contribution in [-0.2, 0) is 24.3 Å². The number of aliphatic hydroxyl groups is 1. The number of aromatic nitrogens is 1. The number of nitro benzene ring substituents is 1. The largest absolute Gasteiger partial charge is 0.462 e. The first-order valence-electron chi connectivity index (χ1n) is 13.7. The van der Waals surface area contributed by atoms with E-state index >= 15 is 0 Å². The van der Waals surface area contributed by atoms with Crippen LogP contribution < -0.4 is 10.6 Å². The topological polar surface area (TPSA) is 179 Å². The zero-order valence-electron chi connectivity index (χ0n) is 24.3. The van der Waals surface area contributed by atoms with Crippen LogP contribution in [0.3, 0.4) is 0 Å². The van der Waals surface area contributed by atoms with Gasteiger partial charge in [0.2, 0.25) is 0 Å². The number of hydrogen-bond donors (Lipinski definition) is 3. The van der Waals surface area contributed by atoms with Crippen LogP contribution in [0.5, 0.6) is 0 Å². The van der Waals surface area contributed by atoms with E-state index in [4.69, 9.17) is 21.1 Å². The normalized spacial score (nSPS) is 16.1. The van der Waals surface area contributed by atoms with Crippen LogP contribution in [-0.4, -0.2) is 59.8 Å². The van der Waals surface area contributed by atoms with Gasteiger partial charge in [0.1, 0.15) is 17.9 Å². The van der Waals surface area contributed by atoms with E-state index in [1.54, 1.807) is 20.8 Å². The molecule has 1 fully saturated rings. The van der Waals surface area contributed by atoms with Crippen LogP contribution in [0.25, 0.3) is 10.9 Å². The number of aliphatic hydroxyl groups excluding tert-OH is 1. The second kappa shape index (κ2) is 12.8. The number of cyclic esters (lactones) is 1. The summed E-state index contributed by atoms with van der Waals surface area (Å²) in [7, 11) is -4.41. The van der Waals surface area contributed by atoms with Gasteiger partial charge < -0.3 is 25.2 Å². The van der Waals surface area contributed by atoms with Gasteiger partial charge in [-0.1, -0.05) is 18.2 Å². The molecule has 3 N–H and O–H groups in total. The summed E-state index contributed by atoms with van der Waals surface area (Å²) in [6, 6.07) is 7.95. The molecule has 0 radical (unpaired) electrons. The number of esters is 1. The minimum absolute atomic E-state index is 0.0568. The summed E-state index contributed by atoms with van der Waals surface area (Å²) in [5.74, 6) is -1.45. The van der Waals surface area contributed by atoms with Crippen molar-refractivity contribution in [3.63, 3.8) is 0 Å². The SMILES string of the molecule is C=C1C(=O)OCC1C(O)c1cn(S(=O)(=O)c2ccc(NCCCCNC(=O)OC(C)(C)C)c([N+](=O)[O-])c2)c2ccc(Cl)cc12. The highest BCUT2D eigenvalue weighted by Gasteiger charge is 2.37. The minimum Gasteiger partial charge on any atom is -0.462 e. The Kier molecular flexibility index (Phi) is 9.56. The number of nitrogens with zero attached hydrogens (tertiary/aromatic N) is 2. The van der Waals surface area contributed by atoms with Gasteiger partial charge >= 0.3 is 12.1 Å². The fraction of sp³-hybridized carbons (Fsp3) is 0.379. The van der Waals surface area contributed by atoms with E-state index in [0.29, 0.717) is 31.3 Å². The van der Waals surface area contributed by atoms with Crippen molar-refractivity contribution in [2.75, 3.05) is 25.0 Å². The summed E-state index contributed by atoms with van der Waals surface area (Å²) in [6.45, 7) is 9.49. The molecule has 2 unspecified atom stereocenters. The Morgan fingerprint density at radius 2 is 1.95 bits per heavy atom. The zero-order chi connectivity index (χ0) is 32.4. The highest BCUT2D eigenvalue weighted by molar-refractivity contribution is 7.90. The molecular formula is C29H33ClN4O9S. The predicted molar refractivity (Wildman–Crippen MR) is 163 cm³/mol. The first kappa shape index (κ1) is 32.8. The van der Waals surface area contributed by atoms with Crippen molar-refractivity contribution in [2.24, 2.45) is 5.92 Å². The van der Waals surface area contributed by atoms with Crippen LogP contribution in [0.2, 0.25) is 5.02 Å². The number of halogens is 1. The molecule has 3 aromatic rings. The average molecular weight is 649 g/mol. The molecule has 2 heterocycles. The lowest BCUT2D eigenvalue weighted by atomic mass is 9.92. The van der Waals surface area contributed by atoms with E-state index in [9.17, 15) is 33.2 Å². The minimum atomic E-state index is -4.41. The predicted octanol–water partition coefficient (Wildman–Crippen LogP) is 4.92. The molecule has 1 aliphatic rings. The number of amides is 1. The first-order valence-corrected chi connectivity index (χ1v) is 15.5. The molecule has 2 aromatic carbocycles. The molecule has 4 rings (SSSR count). The van der Waals surface area contributed by atoms with Gasteiger partial charge in [0.05, 0.1) is 27.4 Å². The summed E-state index contributed by atoms with van der Waals surface area (Å²) in [6.07, 6.45) is 0.457. The third-order valence-corrected chi connectivity index (χ3v) is 8.78. The molecule has 0 spiro atoms. The second-order valence-corrected chi connectivity index (χ2v) is 13.5. The number of fused-ring (bicyclic) bond motifs is 1. The Hall–Kier alpha value is -4.14. The van der Waals surface area contributed by atoms with Crippen molar-refractivity contribution in [1.29, 1.82) is 0 Å². The number of carbonyl (C=O) groups excluding carboxylic acids is 2. The smallest absolute Gasteiger partial charge is 0.407 e. The van der Waals surface area contributed by atoms with Crippen LogP contribution in [0, 0.1) is 16.0 Å². The molecule has 2 atom stereocenters. The number of ether oxygens (including phenoxy) is 2. The van der Waals surface area contributed by atoms with E-state index < -0.39 is 50.3 Å². The summed E-state index contributed by atoms with van der Waals surface area (Å²) in [5.41, 5.74) is -0.540. The van der Waals surface area contributed by atoms with Gasteiger partial charge in [0.15, 0.2) is 0 Å². The summed E-state index contributed by atoms with van der Waals surface area (Å²) >= 11 is 6.18. The Bertz CT molecular complexity index is 1730. The van der Waals surface area contributed by atoms with E-state index in [2.05, 4.69) is 17.2 Å². The number of unbranched alkanes of at least 4 members (excludes halogenated alkanes) is 1. The van der Waals surface area contributed by atoms with Gasteiger partial charge in [0.25, 0.3) is 15.7 Å². The van der Waals surface area contributed by atoms with Crippen LogP contribution >= 0.6 is 11.6 Å². The highest BCUT2D eigenvalue weighted by atomic mass is 35.5. The van der Waals surface area contributed by atoms with Gasteiger partial charge in [-0.05, 0) is 63.9 Å². The zero-order valence-corrected chi connectivity index (χ0v) is 25.9. The second-order valence-electron chi connectivity index (χ2n) is 11.2. The third-order valence-electron chi connectivity index (χ3n) is 6.88. The molecule has 1 saturated heterocycles. The molecule has 44 heavy (non-hydrogen) atoms. The fourth-order valence-corrected chi connectivity index (χ4v) is 6.27. The first-order chi connectivity index (χ1) is 20.6. The van der Waals surface area contributed by atoms with E-state index in [0.717, 1.165) is 10.0 Å². The standard InChI is InChI=1S/C29H33ClN4O9S/c1-17-22(16-42-27(17)36)26(35)21-15-33(24-10-7-18(30)13-20(21)24)44(40,41)19-8-9-23(25(14-19)34(38)39)31-11-5-6-12-32-28(37)43-29(2,3)4/h7-10,13-15,22,26,31,35H,1,5-6,11-12,16H2,2-4H3,(H,32,37). The monoisotopic (exact) mass is 648 g/mol. The lowest BCUT2D eigenvalue weighted by Crippen LogP contribution is -2.33. The molecule has 13 nitrogen and oxygen atoms in total. The number of carbonyl (C=O) groups is 2. The summed E-state index contributed by atoms with van der Waals surface area (Å²) in [5, 5.41) is 29.2. The van der Waals surface area contributed by atoms with Crippen LogP contribution in [0.15, 0.2) is 59.6 Å². The number of nitrogens with one attached hydrogen (secondary N) is 2. The van der Waals surface area contributed by atoms with Gasteiger partial charge in [-0.15, -0.1) is 0 Å². The van der Waals surface area contributed by atoms with Gasteiger partial charge in [-0.25, -0.2) is 22.0 Å². The fourth-order valence-electron chi connectivity index (χ4n) is 4.70. The van der Waals surface area contributed by atoms with Crippen molar-refractivity contribution in [3.8, 4) is 0 Å². The number of rotatable bonds is 11. The Balaban J connectivity index is 1.55. The van der Waals surface area contributed by atoms with Crippen molar-refractivity contribution in [2.45, 2.75) is 50.2 Å². The average Bonchev–Trinajstić information content (AvgIpc) is 3.48. The Morgan fingerprint density at radius 3 is 2.59 bits per heavy atom. The molecule has 1 amide bonds. The molecule has 0 aliphatic carbocycles. The molecule has 1 aromatic heterocycles. The maximum atomic E-state index is 13.8. The van der Waals surface area contributed by atoms with E-state index in [1.165, 1.54) is 36.5 Å². The lowest BCUT2D eigenvalue weighted by Gasteiger charge is -2.19. The number of anilines is 1. The van der Waals surface area contributed by atoms with Crippen LogP contribution in [0.1, 0.15) is 45.3 Å². The number of nitro groups is 1. The van der Waals surface area contributed by atoms with Gasteiger partial charge in [0, 0.05) is 46.9 Å². The molecule has 236 valence electrons. The van der Waals surface area contributed by atoms with E-state index in [1.807, 2.05) is 0 Å². The molecule has 1 aliphatic heterocycles. The third kappa shape index (κ3) is 7.14. The number of hydrogen-bond acceptors (Lipinski definition) is 10. The highest BCUT2D eigenvalue weighted by Crippen LogP contribution is 2.39. The van der Waals surface area contributed by atoms with Crippen molar-refractivity contribution in [1.82, 2.24) is 9.29 Å². The summed E-state index contributed by atoms with van der Waals surface area (Å²) in [4.78, 5) is 34.5. The number of alkyl carbamates (subject to hydrolysis) is 1.